The Kier molecular flexibility index (Phi) is 8.57. The van der Waals surface area contributed by atoms with Crippen molar-refractivity contribution in [1.29, 1.82) is 0 Å². The summed E-state index contributed by atoms with van der Waals surface area (Å²) in [5, 5.41) is 18.8. The summed E-state index contributed by atoms with van der Waals surface area (Å²) in [6.07, 6.45) is 7.34. The minimum atomic E-state index is -1.38. The first kappa shape index (κ1) is 30.7. The highest BCUT2D eigenvalue weighted by Crippen LogP contribution is 2.57. The van der Waals surface area contributed by atoms with Gasteiger partial charge in [0.15, 0.2) is 0 Å². The Morgan fingerprint density at radius 2 is 1.60 bits per heavy atom. The van der Waals surface area contributed by atoms with E-state index in [9.17, 15) is 19.2 Å². The first-order valence-electron chi connectivity index (χ1n) is 16.0. The van der Waals surface area contributed by atoms with Gasteiger partial charge in [-0.15, -0.1) is 0 Å². The standard InChI is InChI=1S/C35H42N4O6/c1-34(19-26-20-36-28-10-6-5-9-27(26)28,39-33(44)45-35-16-22-13-23(17-35)15-24(14-22)18-35)32(43)37-21-29(25-7-3-2-4-8-25)38-30(40)11-12-31(41)42/h2-10,20,22-24,29,36H,11-19,21H2,1H3,(H,37,43)(H,38,40)(H,39,44)(H,41,42)/t22?,23?,24?,29?,34-,35?/m1/s1. The van der Waals surface area contributed by atoms with Crippen LogP contribution in [0, 0.1) is 17.8 Å². The Labute approximate surface area is 262 Å². The molecule has 0 radical (unpaired) electrons. The van der Waals surface area contributed by atoms with Crippen molar-refractivity contribution < 1.29 is 29.0 Å². The molecule has 4 aliphatic rings. The summed E-state index contributed by atoms with van der Waals surface area (Å²) in [7, 11) is 0. The molecule has 0 aliphatic heterocycles. The molecule has 0 spiro atoms. The molecule has 10 nitrogen and oxygen atoms in total. The van der Waals surface area contributed by atoms with Gasteiger partial charge in [0, 0.05) is 36.5 Å². The van der Waals surface area contributed by atoms with Crippen molar-refractivity contribution in [1.82, 2.24) is 20.9 Å². The molecular weight excluding hydrogens is 572 g/mol. The summed E-state index contributed by atoms with van der Waals surface area (Å²) in [4.78, 5) is 54.6. The number of aliphatic carboxylic acids is 1. The van der Waals surface area contributed by atoms with E-state index >= 15 is 0 Å². The molecule has 3 amide bonds. The number of aromatic amines is 1. The van der Waals surface area contributed by atoms with Crippen molar-refractivity contribution in [2.75, 3.05) is 6.54 Å². The molecule has 2 aromatic carbocycles. The molecule has 4 bridgehead atoms. The average Bonchev–Trinajstić information content (AvgIpc) is 3.39. The lowest BCUT2D eigenvalue weighted by Gasteiger charge is -2.55. The largest absolute Gasteiger partial charge is 0.481 e. The number of benzene rings is 2. The van der Waals surface area contributed by atoms with Crippen LogP contribution in [0.4, 0.5) is 4.79 Å². The predicted molar refractivity (Wildman–Crippen MR) is 168 cm³/mol. The minimum absolute atomic E-state index is 0.0385. The van der Waals surface area contributed by atoms with Crippen molar-refractivity contribution >= 4 is 34.8 Å². The molecule has 10 heteroatoms. The van der Waals surface area contributed by atoms with Crippen LogP contribution in [0.1, 0.15) is 75.5 Å². The highest BCUT2D eigenvalue weighted by Gasteiger charge is 2.53. The predicted octanol–water partition coefficient (Wildman–Crippen LogP) is 5.00. The number of carboxylic acids is 1. The number of para-hydroxylation sites is 1. The Morgan fingerprint density at radius 3 is 2.27 bits per heavy atom. The first-order chi connectivity index (χ1) is 21.6. The van der Waals surface area contributed by atoms with Crippen molar-refractivity contribution in [2.24, 2.45) is 17.8 Å². The summed E-state index contributed by atoms with van der Waals surface area (Å²) in [5.74, 6) is -0.105. The number of H-pyrrole nitrogens is 1. The molecule has 1 heterocycles. The second-order valence-electron chi connectivity index (χ2n) is 13.6. The van der Waals surface area contributed by atoms with Crippen LogP contribution in [-0.4, -0.2) is 51.7 Å². The quantitative estimate of drug-likeness (QED) is 0.194. The van der Waals surface area contributed by atoms with Crippen LogP contribution in [0.15, 0.2) is 60.8 Å². The second kappa shape index (κ2) is 12.6. The zero-order chi connectivity index (χ0) is 31.6. The third-order valence-corrected chi connectivity index (χ3v) is 9.96. The summed E-state index contributed by atoms with van der Waals surface area (Å²) in [6, 6.07) is 16.4. The lowest BCUT2D eigenvalue weighted by molar-refractivity contribution is -0.139. The first-order valence-corrected chi connectivity index (χ1v) is 16.0. The summed E-state index contributed by atoms with van der Waals surface area (Å²) < 4.78 is 6.25. The topological polar surface area (TPSA) is 150 Å². The molecule has 2 atom stereocenters. The smallest absolute Gasteiger partial charge is 0.408 e. The van der Waals surface area contributed by atoms with Crippen molar-refractivity contribution in [2.45, 2.75) is 81.9 Å². The fourth-order valence-electron chi connectivity index (χ4n) is 8.26. The fourth-order valence-corrected chi connectivity index (χ4v) is 8.26. The van der Waals surface area contributed by atoms with E-state index in [2.05, 4.69) is 20.9 Å². The van der Waals surface area contributed by atoms with E-state index in [4.69, 9.17) is 9.84 Å². The van der Waals surface area contributed by atoms with Gasteiger partial charge in [-0.2, -0.15) is 0 Å². The Bertz CT molecular complexity index is 1530. The van der Waals surface area contributed by atoms with Gasteiger partial charge in [0.25, 0.3) is 0 Å². The number of carboxylic acid groups (broad SMARTS) is 1. The maximum atomic E-state index is 14.1. The molecule has 45 heavy (non-hydrogen) atoms. The van der Waals surface area contributed by atoms with Crippen LogP contribution >= 0.6 is 0 Å². The molecule has 4 saturated carbocycles. The zero-order valence-electron chi connectivity index (χ0n) is 25.6. The van der Waals surface area contributed by atoms with Crippen LogP contribution in [0.3, 0.4) is 0 Å². The van der Waals surface area contributed by atoms with Crippen LogP contribution in [0.25, 0.3) is 10.9 Å². The van der Waals surface area contributed by atoms with Gasteiger partial charge in [0.2, 0.25) is 11.8 Å². The maximum Gasteiger partial charge on any atom is 0.408 e. The molecule has 4 aliphatic carbocycles. The lowest BCUT2D eigenvalue weighted by Crippen LogP contribution is -2.61. The van der Waals surface area contributed by atoms with E-state index in [1.807, 2.05) is 60.8 Å². The van der Waals surface area contributed by atoms with Crippen LogP contribution in [0.5, 0.6) is 0 Å². The normalized spacial score (nSPS) is 25.2. The summed E-state index contributed by atoms with van der Waals surface area (Å²) >= 11 is 0. The van der Waals surface area contributed by atoms with Crippen LogP contribution in [0.2, 0.25) is 0 Å². The van der Waals surface area contributed by atoms with E-state index < -0.39 is 41.1 Å². The minimum Gasteiger partial charge on any atom is -0.481 e. The third kappa shape index (κ3) is 7.00. The van der Waals surface area contributed by atoms with Gasteiger partial charge in [0.1, 0.15) is 11.1 Å². The average molecular weight is 615 g/mol. The SMILES string of the molecule is C[C@](Cc1c[nH]c2ccccc12)(NC(=O)OC12CC3CC(CC(C3)C1)C2)C(=O)NCC(NC(=O)CCC(=O)O)c1ccccc1. The molecule has 5 N–H and O–H groups in total. The number of ether oxygens (including phenoxy) is 1. The van der Waals surface area contributed by atoms with E-state index in [1.165, 1.54) is 19.3 Å². The molecule has 4 fully saturated rings. The third-order valence-electron chi connectivity index (χ3n) is 9.96. The molecule has 1 aromatic heterocycles. The number of alkyl carbamates (subject to hydrolysis) is 1. The Balaban J connectivity index is 1.20. The van der Waals surface area contributed by atoms with Crippen LogP contribution in [-0.2, 0) is 25.5 Å². The number of fused-ring (bicyclic) bond motifs is 1. The van der Waals surface area contributed by atoms with Gasteiger partial charge in [0.05, 0.1) is 12.5 Å². The van der Waals surface area contributed by atoms with E-state index in [0.29, 0.717) is 17.8 Å². The lowest BCUT2D eigenvalue weighted by atomic mass is 9.54. The maximum absolute atomic E-state index is 14.1. The molecular formula is C35H42N4O6. The fraction of sp³-hybridized carbons (Fsp3) is 0.486. The van der Waals surface area contributed by atoms with Gasteiger partial charge >= 0.3 is 12.1 Å². The number of rotatable bonds is 12. The summed E-state index contributed by atoms with van der Waals surface area (Å²) in [6.45, 7) is 1.74. The Morgan fingerprint density at radius 1 is 0.956 bits per heavy atom. The van der Waals surface area contributed by atoms with Crippen LogP contribution < -0.4 is 16.0 Å². The zero-order valence-corrected chi connectivity index (χ0v) is 25.6. The number of carbonyl (C=O) groups excluding carboxylic acids is 3. The van der Waals surface area contributed by atoms with E-state index in [-0.39, 0.29) is 25.8 Å². The molecule has 7 rings (SSSR count). The van der Waals surface area contributed by atoms with Gasteiger partial charge in [-0.1, -0.05) is 48.5 Å². The summed E-state index contributed by atoms with van der Waals surface area (Å²) in [5.41, 5.74) is 0.725. The van der Waals surface area contributed by atoms with Crippen molar-refractivity contribution in [3.05, 3.63) is 71.9 Å². The highest BCUT2D eigenvalue weighted by molar-refractivity contribution is 5.91. The number of hydrogen-bond donors (Lipinski definition) is 5. The molecule has 238 valence electrons. The number of aromatic nitrogens is 1. The highest BCUT2D eigenvalue weighted by atomic mass is 16.6. The number of nitrogens with one attached hydrogen (secondary N) is 4. The monoisotopic (exact) mass is 614 g/mol. The van der Waals surface area contributed by atoms with Crippen molar-refractivity contribution in [3.63, 3.8) is 0 Å². The van der Waals surface area contributed by atoms with Gasteiger partial charge in [-0.05, 0) is 80.4 Å². The number of hydrogen-bond acceptors (Lipinski definition) is 5. The van der Waals surface area contributed by atoms with Gasteiger partial charge in [-0.3, -0.25) is 14.4 Å². The molecule has 3 aromatic rings. The van der Waals surface area contributed by atoms with Gasteiger partial charge in [-0.25, -0.2) is 4.79 Å². The second-order valence-corrected chi connectivity index (χ2v) is 13.6. The molecule has 1 unspecified atom stereocenters. The van der Waals surface area contributed by atoms with Gasteiger partial charge < -0.3 is 30.8 Å². The van der Waals surface area contributed by atoms with Crippen molar-refractivity contribution in [3.8, 4) is 0 Å². The Hall–Kier alpha value is -4.34. The number of carbonyl (C=O) groups is 4. The van der Waals surface area contributed by atoms with E-state index in [0.717, 1.165) is 41.3 Å². The molecule has 0 saturated heterocycles. The number of amides is 3. The van der Waals surface area contributed by atoms with E-state index in [1.54, 1.807) is 6.92 Å².